The van der Waals surface area contributed by atoms with E-state index in [9.17, 15) is 14.0 Å². The minimum Gasteiger partial charge on any atom is -0.427 e. The Labute approximate surface area is 152 Å². The van der Waals surface area contributed by atoms with Crippen LogP contribution in [-0.2, 0) is 4.79 Å². The Morgan fingerprint density at radius 1 is 0.923 bits per heavy atom. The van der Waals surface area contributed by atoms with Crippen LogP contribution in [0, 0.1) is 23.6 Å². The number of halogens is 1. The van der Waals surface area contributed by atoms with Gasteiger partial charge in [0.2, 0.25) is 0 Å². The number of esters is 1. The monoisotopic (exact) mass is 352 g/mol. The number of hydrogen-bond donors (Lipinski definition) is 0. The molecule has 134 valence electrons. The molecular formula is C22H21FO3. The van der Waals surface area contributed by atoms with Crippen molar-refractivity contribution in [3.63, 3.8) is 0 Å². The summed E-state index contributed by atoms with van der Waals surface area (Å²) in [7, 11) is 0. The minimum atomic E-state index is -0.376. The molecule has 4 heteroatoms. The lowest BCUT2D eigenvalue weighted by Gasteiger charge is -2.20. The molecule has 2 saturated carbocycles. The third-order valence-corrected chi connectivity index (χ3v) is 5.77. The van der Waals surface area contributed by atoms with Crippen molar-refractivity contribution in [1.82, 2.24) is 0 Å². The number of carbonyl (C=O) groups excluding carboxylic acids is 2. The van der Waals surface area contributed by atoms with E-state index < -0.39 is 0 Å². The van der Waals surface area contributed by atoms with Crippen molar-refractivity contribution >= 4 is 11.8 Å². The molecule has 2 bridgehead atoms. The van der Waals surface area contributed by atoms with Gasteiger partial charge in [-0.2, -0.15) is 0 Å². The van der Waals surface area contributed by atoms with E-state index in [-0.39, 0.29) is 17.6 Å². The van der Waals surface area contributed by atoms with Gasteiger partial charge in [0.25, 0.3) is 0 Å². The van der Waals surface area contributed by atoms with Crippen LogP contribution in [0.2, 0.25) is 0 Å². The highest BCUT2D eigenvalue weighted by Crippen LogP contribution is 2.49. The van der Waals surface area contributed by atoms with Gasteiger partial charge in [0.15, 0.2) is 5.78 Å². The average Bonchev–Trinajstić information content (AvgIpc) is 3.25. The maximum Gasteiger partial charge on any atom is 0.311 e. The summed E-state index contributed by atoms with van der Waals surface area (Å²) in [6.45, 7) is 0. The van der Waals surface area contributed by atoms with Crippen molar-refractivity contribution in [3.8, 4) is 5.75 Å². The number of hydrogen-bond acceptors (Lipinski definition) is 3. The first-order chi connectivity index (χ1) is 12.6. The molecule has 0 N–H and O–H groups in total. The first-order valence-corrected chi connectivity index (χ1v) is 9.19. The molecule has 26 heavy (non-hydrogen) atoms. The van der Waals surface area contributed by atoms with Crippen LogP contribution < -0.4 is 4.74 Å². The zero-order valence-electron chi connectivity index (χ0n) is 14.5. The van der Waals surface area contributed by atoms with E-state index in [1.54, 1.807) is 24.3 Å². The fourth-order valence-corrected chi connectivity index (χ4v) is 4.46. The first kappa shape index (κ1) is 17.0. The number of ether oxygens (including phenoxy) is 1. The number of rotatable bonds is 5. The summed E-state index contributed by atoms with van der Waals surface area (Å²) in [5.41, 5.74) is 0.900. The van der Waals surface area contributed by atoms with Crippen molar-refractivity contribution in [2.45, 2.75) is 32.1 Å². The lowest BCUT2D eigenvalue weighted by molar-refractivity contribution is -0.135. The molecule has 2 aromatic carbocycles. The Bertz CT molecular complexity index is 810. The topological polar surface area (TPSA) is 43.4 Å². The average molecular weight is 352 g/mol. The van der Waals surface area contributed by atoms with Gasteiger partial charge in [-0.3, -0.25) is 9.59 Å². The van der Waals surface area contributed by atoms with Gasteiger partial charge in [-0.05, 0) is 85.5 Å². The molecule has 2 fully saturated rings. The quantitative estimate of drug-likeness (QED) is 0.441. The molecule has 0 spiro atoms. The summed E-state index contributed by atoms with van der Waals surface area (Å²) in [5.74, 6) is 1.68. The van der Waals surface area contributed by atoms with E-state index >= 15 is 0 Å². The lowest BCUT2D eigenvalue weighted by atomic mass is 9.86. The SMILES string of the molecule is O=C(C[C@@H]1C[C@H]2CC[C@H]1C2)Oc1ccc(C(=O)c2ccc(F)cc2)cc1. The smallest absolute Gasteiger partial charge is 0.311 e. The molecule has 3 atom stereocenters. The highest BCUT2D eigenvalue weighted by molar-refractivity contribution is 6.09. The predicted octanol–water partition coefficient (Wildman–Crippen LogP) is 4.79. The van der Waals surface area contributed by atoms with Crippen molar-refractivity contribution in [1.29, 1.82) is 0 Å². The molecule has 4 rings (SSSR count). The molecule has 0 radical (unpaired) electrons. The van der Waals surface area contributed by atoms with Gasteiger partial charge in [-0.25, -0.2) is 4.39 Å². The second-order valence-electron chi connectivity index (χ2n) is 7.47. The van der Waals surface area contributed by atoms with Gasteiger partial charge in [-0.15, -0.1) is 0 Å². The van der Waals surface area contributed by atoms with Crippen molar-refractivity contribution in [2.24, 2.45) is 17.8 Å². The Kier molecular flexibility index (Phi) is 4.58. The Morgan fingerprint density at radius 2 is 1.58 bits per heavy atom. The molecule has 0 saturated heterocycles. The largest absolute Gasteiger partial charge is 0.427 e. The third-order valence-electron chi connectivity index (χ3n) is 5.77. The van der Waals surface area contributed by atoms with Gasteiger partial charge >= 0.3 is 5.97 Å². The van der Waals surface area contributed by atoms with Crippen LogP contribution in [0.3, 0.4) is 0 Å². The summed E-state index contributed by atoms with van der Waals surface area (Å²) in [6.07, 6.45) is 5.49. The summed E-state index contributed by atoms with van der Waals surface area (Å²) >= 11 is 0. The summed E-state index contributed by atoms with van der Waals surface area (Å²) in [6, 6.07) is 12.0. The molecule has 0 aromatic heterocycles. The molecule has 3 nitrogen and oxygen atoms in total. The van der Waals surface area contributed by atoms with E-state index in [1.165, 1.54) is 43.5 Å². The van der Waals surface area contributed by atoms with Gasteiger partial charge in [0.1, 0.15) is 11.6 Å². The maximum atomic E-state index is 13.0. The van der Waals surface area contributed by atoms with Crippen LogP contribution in [0.4, 0.5) is 4.39 Å². The van der Waals surface area contributed by atoms with Crippen LogP contribution in [0.15, 0.2) is 48.5 Å². The van der Waals surface area contributed by atoms with E-state index in [0.717, 1.165) is 12.3 Å². The number of carbonyl (C=O) groups is 2. The molecule has 0 amide bonds. The second kappa shape index (κ2) is 7.02. The Hall–Kier alpha value is -2.49. The van der Waals surface area contributed by atoms with E-state index in [1.807, 2.05) is 0 Å². The van der Waals surface area contributed by atoms with Crippen LogP contribution >= 0.6 is 0 Å². The van der Waals surface area contributed by atoms with Crippen LogP contribution in [0.5, 0.6) is 5.75 Å². The highest BCUT2D eigenvalue weighted by Gasteiger charge is 2.40. The zero-order chi connectivity index (χ0) is 18.1. The third kappa shape index (κ3) is 3.55. The molecule has 0 unspecified atom stereocenters. The molecule has 2 aromatic rings. The molecular weight excluding hydrogens is 331 g/mol. The predicted molar refractivity (Wildman–Crippen MR) is 95.5 cm³/mol. The van der Waals surface area contributed by atoms with Crippen LogP contribution in [0.1, 0.15) is 48.0 Å². The number of ketones is 1. The normalized spacial score (nSPS) is 23.8. The van der Waals surface area contributed by atoms with Crippen LogP contribution in [0.25, 0.3) is 0 Å². The maximum absolute atomic E-state index is 13.0. The van der Waals surface area contributed by atoms with E-state index in [4.69, 9.17) is 4.74 Å². The molecule has 0 heterocycles. The standard InChI is InChI=1S/C22H21FO3/c23-19-7-3-15(4-8-19)22(25)16-5-9-20(10-6-16)26-21(24)13-18-12-14-1-2-17(18)11-14/h3-10,14,17-18H,1-2,11-13H2/t14-,17-,18-/m0/s1. The highest BCUT2D eigenvalue weighted by atomic mass is 19.1. The van der Waals surface area contributed by atoms with E-state index in [2.05, 4.69) is 0 Å². The van der Waals surface area contributed by atoms with Crippen molar-refractivity contribution in [2.75, 3.05) is 0 Å². The summed E-state index contributed by atoms with van der Waals surface area (Å²) in [4.78, 5) is 24.6. The number of benzene rings is 2. The van der Waals surface area contributed by atoms with Crippen molar-refractivity contribution < 1.29 is 18.7 Å². The van der Waals surface area contributed by atoms with Gasteiger partial charge in [0, 0.05) is 17.5 Å². The van der Waals surface area contributed by atoms with Gasteiger partial charge in [0.05, 0.1) is 0 Å². The Morgan fingerprint density at radius 3 is 2.15 bits per heavy atom. The molecule has 2 aliphatic rings. The fourth-order valence-electron chi connectivity index (χ4n) is 4.46. The van der Waals surface area contributed by atoms with Gasteiger partial charge < -0.3 is 4.74 Å². The van der Waals surface area contributed by atoms with Crippen molar-refractivity contribution in [3.05, 3.63) is 65.5 Å². The molecule has 2 aliphatic carbocycles. The minimum absolute atomic E-state index is 0.190. The fraction of sp³-hybridized carbons (Fsp3) is 0.364. The lowest BCUT2D eigenvalue weighted by Crippen LogP contribution is -2.18. The molecule has 0 aliphatic heterocycles. The number of fused-ring (bicyclic) bond motifs is 2. The zero-order valence-corrected chi connectivity index (χ0v) is 14.5. The second-order valence-corrected chi connectivity index (χ2v) is 7.47. The Balaban J connectivity index is 1.36. The summed E-state index contributed by atoms with van der Waals surface area (Å²) < 4.78 is 18.4. The van der Waals surface area contributed by atoms with E-state index in [0.29, 0.717) is 35.1 Å². The summed E-state index contributed by atoms with van der Waals surface area (Å²) in [5, 5.41) is 0. The van der Waals surface area contributed by atoms with Gasteiger partial charge in [-0.1, -0.05) is 6.42 Å². The van der Waals surface area contributed by atoms with Crippen LogP contribution in [-0.4, -0.2) is 11.8 Å². The first-order valence-electron chi connectivity index (χ1n) is 9.19.